The molecule has 0 radical (unpaired) electrons. The van der Waals surface area contributed by atoms with Gasteiger partial charge in [0.1, 0.15) is 17.3 Å². The summed E-state index contributed by atoms with van der Waals surface area (Å²) in [5, 5.41) is 3.24. The molecule has 2 aromatic rings. The molecule has 28 heavy (non-hydrogen) atoms. The summed E-state index contributed by atoms with van der Waals surface area (Å²) in [4.78, 5) is 16.7. The summed E-state index contributed by atoms with van der Waals surface area (Å²) in [7, 11) is 3.04. The van der Waals surface area contributed by atoms with Gasteiger partial charge >= 0.3 is 0 Å². The Labute approximate surface area is 168 Å². The number of carbonyl (C=O) groups is 1. The lowest BCUT2D eigenvalue weighted by atomic mass is 10.2. The lowest BCUT2D eigenvalue weighted by Gasteiger charge is -2.35. The van der Waals surface area contributed by atoms with Gasteiger partial charge in [0.2, 0.25) is 5.91 Å². The standard InChI is InChI=1S/C20H23ClFN3O3/c1-27-18-12-19(28-2)17(11-16(18)21)23-20(26)13-24-7-9-25(10-8-24)15-5-3-14(22)4-6-15/h3-6,11-12H,7-10,13H2,1-2H3,(H,23,26). The van der Waals surface area contributed by atoms with Crippen LogP contribution in [-0.2, 0) is 4.79 Å². The number of benzene rings is 2. The van der Waals surface area contributed by atoms with Gasteiger partial charge in [0.25, 0.3) is 0 Å². The largest absolute Gasteiger partial charge is 0.495 e. The lowest BCUT2D eigenvalue weighted by molar-refractivity contribution is -0.117. The number of ether oxygens (including phenoxy) is 2. The third kappa shape index (κ3) is 4.85. The maximum Gasteiger partial charge on any atom is 0.238 e. The Bertz CT molecular complexity index is 824. The second kappa shape index (κ2) is 9.12. The van der Waals surface area contributed by atoms with Gasteiger partial charge in [-0.15, -0.1) is 0 Å². The fourth-order valence-electron chi connectivity index (χ4n) is 3.17. The molecule has 0 spiro atoms. The maximum atomic E-state index is 13.1. The SMILES string of the molecule is COc1cc(OC)c(NC(=O)CN2CCN(c3ccc(F)cc3)CC2)cc1Cl. The van der Waals surface area contributed by atoms with E-state index in [1.807, 2.05) is 0 Å². The molecule has 1 fully saturated rings. The number of anilines is 2. The van der Waals surface area contributed by atoms with Crippen LogP contribution in [0, 0.1) is 5.82 Å². The average molecular weight is 408 g/mol. The molecule has 1 saturated heterocycles. The summed E-state index contributed by atoms with van der Waals surface area (Å²) >= 11 is 6.15. The molecule has 1 aliphatic heterocycles. The van der Waals surface area contributed by atoms with Crippen molar-refractivity contribution in [2.45, 2.75) is 0 Å². The van der Waals surface area contributed by atoms with Crippen LogP contribution in [0.25, 0.3) is 0 Å². The molecule has 1 heterocycles. The summed E-state index contributed by atoms with van der Waals surface area (Å²) in [5.74, 6) is 0.576. The normalized spacial score (nSPS) is 14.6. The Morgan fingerprint density at radius 3 is 2.32 bits per heavy atom. The fraction of sp³-hybridized carbons (Fsp3) is 0.350. The van der Waals surface area contributed by atoms with Crippen LogP contribution in [0.4, 0.5) is 15.8 Å². The molecule has 3 rings (SSSR count). The van der Waals surface area contributed by atoms with Crippen LogP contribution in [0.2, 0.25) is 5.02 Å². The first-order valence-corrected chi connectivity index (χ1v) is 9.32. The second-order valence-corrected chi connectivity index (χ2v) is 6.88. The summed E-state index contributed by atoms with van der Waals surface area (Å²) < 4.78 is 23.5. The number of hydrogen-bond acceptors (Lipinski definition) is 5. The van der Waals surface area contributed by atoms with Crippen molar-refractivity contribution in [3.63, 3.8) is 0 Å². The Morgan fingerprint density at radius 1 is 1.07 bits per heavy atom. The predicted molar refractivity (Wildman–Crippen MR) is 108 cm³/mol. The van der Waals surface area contributed by atoms with Crippen molar-refractivity contribution in [3.8, 4) is 11.5 Å². The third-order valence-electron chi connectivity index (χ3n) is 4.68. The number of amides is 1. The lowest BCUT2D eigenvalue weighted by Crippen LogP contribution is -2.48. The van der Waals surface area contributed by atoms with Gasteiger partial charge in [0.15, 0.2) is 0 Å². The van der Waals surface area contributed by atoms with E-state index >= 15 is 0 Å². The summed E-state index contributed by atoms with van der Waals surface area (Å²) in [5.41, 5.74) is 1.49. The van der Waals surface area contributed by atoms with Crippen molar-refractivity contribution in [3.05, 3.63) is 47.2 Å². The quantitative estimate of drug-likeness (QED) is 0.796. The van der Waals surface area contributed by atoms with E-state index in [1.54, 1.807) is 24.3 Å². The van der Waals surface area contributed by atoms with Crippen LogP contribution < -0.4 is 19.7 Å². The number of methoxy groups -OCH3 is 2. The van der Waals surface area contributed by atoms with E-state index in [0.29, 0.717) is 22.2 Å². The van der Waals surface area contributed by atoms with Gasteiger partial charge in [-0.1, -0.05) is 11.6 Å². The van der Waals surface area contributed by atoms with Crippen LogP contribution >= 0.6 is 11.6 Å². The minimum Gasteiger partial charge on any atom is -0.495 e. The fourth-order valence-corrected chi connectivity index (χ4v) is 3.41. The second-order valence-electron chi connectivity index (χ2n) is 6.47. The van der Waals surface area contributed by atoms with Gasteiger partial charge in [-0.2, -0.15) is 0 Å². The van der Waals surface area contributed by atoms with Gasteiger partial charge in [0.05, 0.1) is 31.5 Å². The van der Waals surface area contributed by atoms with Crippen molar-refractivity contribution < 1.29 is 18.7 Å². The summed E-state index contributed by atoms with van der Waals surface area (Å²) in [6.45, 7) is 3.30. The molecule has 6 nitrogen and oxygen atoms in total. The first kappa shape index (κ1) is 20.2. The van der Waals surface area contributed by atoms with Crippen molar-refractivity contribution in [2.75, 3.05) is 57.2 Å². The highest BCUT2D eigenvalue weighted by Crippen LogP contribution is 2.35. The van der Waals surface area contributed by atoms with E-state index in [-0.39, 0.29) is 18.3 Å². The molecule has 0 saturated carbocycles. The van der Waals surface area contributed by atoms with E-state index in [0.717, 1.165) is 31.9 Å². The van der Waals surface area contributed by atoms with Gasteiger partial charge in [-0.05, 0) is 30.3 Å². The molecule has 1 N–H and O–H groups in total. The minimum atomic E-state index is -0.242. The van der Waals surface area contributed by atoms with E-state index in [4.69, 9.17) is 21.1 Å². The van der Waals surface area contributed by atoms with E-state index in [1.165, 1.54) is 26.4 Å². The molecule has 0 aliphatic carbocycles. The zero-order chi connectivity index (χ0) is 20.1. The highest BCUT2D eigenvalue weighted by atomic mass is 35.5. The monoisotopic (exact) mass is 407 g/mol. The highest BCUT2D eigenvalue weighted by molar-refractivity contribution is 6.32. The first-order chi connectivity index (χ1) is 13.5. The van der Waals surface area contributed by atoms with Crippen LogP contribution in [0.5, 0.6) is 11.5 Å². The van der Waals surface area contributed by atoms with Crippen LogP contribution in [0.3, 0.4) is 0 Å². The molecule has 1 amide bonds. The molecule has 0 aromatic heterocycles. The molecule has 2 aromatic carbocycles. The molecule has 150 valence electrons. The Kier molecular flexibility index (Phi) is 6.59. The zero-order valence-corrected chi connectivity index (χ0v) is 16.6. The molecule has 0 bridgehead atoms. The first-order valence-electron chi connectivity index (χ1n) is 8.94. The Balaban J connectivity index is 1.55. The van der Waals surface area contributed by atoms with E-state index in [2.05, 4.69) is 15.1 Å². The maximum absolute atomic E-state index is 13.1. The number of carbonyl (C=O) groups excluding carboxylic acids is 1. The Hall–Kier alpha value is -2.51. The molecular weight excluding hydrogens is 385 g/mol. The molecule has 0 atom stereocenters. The van der Waals surface area contributed by atoms with Crippen LogP contribution in [0.1, 0.15) is 0 Å². The summed E-state index contributed by atoms with van der Waals surface area (Å²) in [6.07, 6.45) is 0. The third-order valence-corrected chi connectivity index (χ3v) is 4.97. The topological polar surface area (TPSA) is 54.0 Å². The highest BCUT2D eigenvalue weighted by Gasteiger charge is 2.20. The number of nitrogens with one attached hydrogen (secondary N) is 1. The average Bonchev–Trinajstić information content (AvgIpc) is 2.69. The Morgan fingerprint density at radius 2 is 1.71 bits per heavy atom. The predicted octanol–water partition coefficient (Wildman–Crippen LogP) is 3.26. The van der Waals surface area contributed by atoms with Crippen LogP contribution in [0.15, 0.2) is 36.4 Å². The van der Waals surface area contributed by atoms with Crippen molar-refractivity contribution >= 4 is 28.9 Å². The van der Waals surface area contributed by atoms with Crippen LogP contribution in [-0.4, -0.2) is 57.8 Å². The molecule has 8 heteroatoms. The van der Waals surface area contributed by atoms with Crippen molar-refractivity contribution in [1.82, 2.24) is 4.90 Å². The van der Waals surface area contributed by atoms with Crippen molar-refractivity contribution in [1.29, 1.82) is 0 Å². The van der Waals surface area contributed by atoms with E-state index in [9.17, 15) is 9.18 Å². The molecule has 0 unspecified atom stereocenters. The van der Waals surface area contributed by atoms with E-state index < -0.39 is 0 Å². The van der Waals surface area contributed by atoms with Crippen molar-refractivity contribution in [2.24, 2.45) is 0 Å². The smallest absolute Gasteiger partial charge is 0.238 e. The number of rotatable bonds is 6. The zero-order valence-electron chi connectivity index (χ0n) is 15.9. The number of piperazine rings is 1. The minimum absolute atomic E-state index is 0.144. The van der Waals surface area contributed by atoms with Gasteiger partial charge in [-0.3, -0.25) is 9.69 Å². The molecule has 1 aliphatic rings. The summed E-state index contributed by atoms with van der Waals surface area (Å²) in [6, 6.07) is 9.73. The number of hydrogen-bond donors (Lipinski definition) is 1. The van der Waals surface area contributed by atoms with Gasteiger partial charge < -0.3 is 19.7 Å². The number of halogens is 2. The molecular formula is C20H23ClFN3O3. The van der Waals surface area contributed by atoms with Gasteiger partial charge in [0, 0.05) is 37.9 Å². The van der Waals surface area contributed by atoms with Gasteiger partial charge in [-0.25, -0.2) is 4.39 Å². The number of nitrogens with zero attached hydrogens (tertiary/aromatic N) is 2.